The van der Waals surface area contributed by atoms with Crippen LogP contribution in [0, 0.1) is 0 Å². The van der Waals surface area contributed by atoms with Crippen LogP contribution in [0.1, 0.15) is 12.0 Å². The highest BCUT2D eigenvalue weighted by molar-refractivity contribution is 7.92. The second-order valence-corrected chi connectivity index (χ2v) is 5.91. The first-order valence-electron chi connectivity index (χ1n) is 5.14. The molecule has 0 heterocycles. The Morgan fingerprint density at radius 1 is 1.32 bits per heavy atom. The van der Waals surface area contributed by atoms with Crippen LogP contribution in [0.25, 0.3) is 0 Å². The van der Waals surface area contributed by atoms with E-state index in [4.69, 9.17) is 16.7 Å². The number of para-hydroxylation sites is 1. The third-order valence-electron chi connectivity index (χ3n) is 2.15. The molecule has 1 aromatic carbocycles. The van der Waals surface area contributed by atoms with Crippen LogP contribution in [0.5, 0.6) is 0 Å². The summed E-state index contributed by atoms with van der Waals surface area (Å²) in [6.07, 6.45) is -4.80. The van der Waals surface area contributed by atoms with Crippen LogP contribution < -0.4 is 4.72 Å². The summed E-state index contributed by atoms with van der Waals surface area (Å²) in [5.74, 6) is -0.494. The first-order valence-corrected chi connectivity index (χ1v) is 7.17. The van der Waals surface area contributed by atoms with Crippen molar-refractivity contribution in [1.29, 1.82) is 0 Å². The molecule has 0 radical (unpaired) electrons. The van der Waals surface area contributed by atoms with Gasteiger partial charge < -0.3 is 5.11 Å². The van der Waals surface area contributed by atoms with Crippen LogP contribution in [0.4, 0.5) is 18.9 Å². The van der Waals surface area contributed by atoms with Crippen LogP contribution in [0.3, 0.4) is 0 Å². The summed E-state index contributed by atoms with van der Waals surface area (Å²) < 4.78 is 63.1. The first kappa shape index (κ1) is 16.1. The topological polar surface area (TPSA) is 66.4 Å². The monoisotopic (exact) mass is 317 g/mol. The number of hydrogen-bond acceptors (Lipinski definition) is 3. The van der Waals surface area contributed by atoms with E-state index in [1.54, 1.807) is 4.72 Å². The summed E-state index contributed by atoms with van der Waals surface area (Å²) in [6.45, 7) is -0.379. The number of hydrogen-bond donors (Lipinski definition) is 2. The number of anilines is 1. The average molecular weight is 318 g/mol. The zero-order chi connectivity index (χ0) is 14.7. The van der Waals surface area contributed by atoms with E-state index >= 15 is 0 Å². The second kappa shape index (κ2) is 5.98. The van der Waals surface area contributed by atoms with E-state index in [9.17, 15) is 21.6 Å². The van der Waals surface area contributed by atoms with Gasteiger partial charge in [0.15, 0.2) is 0 Å². The number of rotatable bonds is 5. The van der Waals surface area contributed by atoms with Gasteiger partial charge in [0, 0.05) is 6.61 Å². The predicted molar refractivity (Wildman–Crippen MR) is 65.6 cm³/mol. The molecule has 0 aliphatic rings. The summed E-state index contributed by atoms with van der Waals surface area (Å²) in [5.41, 5.74) is -1.86. The van der Waals surface area contributed by atoms with E-state index in [2.05, 4.69) is 0 Å². The molecule has 0 aliphatic heterocycles. The minimum absolute atomic E-state index is 0.0822. The Balaban J connectivity index is 3.14. The minimum Gasteiger partial charge on any atom is -0.396 e. The first-order chi connectivity index (χ1) is 8.67. The Bertz CT molecular complexity index is 545. The highest BCUT2D eigenvalue weighted by Crippen LogP contribution is 2.38. The number of aliphatic hydroxyl groups excluding tert-OH is 1. The Hall–Kier alpha value is -0.990. The van der Waals surface area contributed by atoms with E-state index in [0.717, 1.165) is 18.2 Å². The smallest absolute Gasteiger partial charge is 0.396 e. The molecular weight excluding hydrogens is 307 g/mol. The van der Waals surface area contributed by atoms with Gasteiger partial charge in [0.25, 0.3) is 0 Å². The highest BCUT2D eigenvalue weighted by atomic mass is 35.5. The molecule has 108 valence electrons. The van der Waals surface area contributed by atoms with Gasteiger partial charge in [-0.3, -0.25) is 4.72 Å². The molecule has 0 spiro atoms. The third-order valence-corrected chi connectivity index (χ3v) is 3.80. The molecule has 2 N–H and O–H groups in total. The van der Waals surface area contributed by atoms with E-state index in [-0.39, 0.29) is 18.1 Å². The normalized spacial score (nSPS) is 12.5. The fraction of sp³-hybridized carbons (Fsp3) is 0.400. The van der Waals surface area contributed by atoms with Gasteiger partial charge in [0.05, 0.1) is 22.0 Å². The number of halogens is 4. The van der Waals surface area contributed by atoms with Crippen LogP contribution >= 0.6 is 11.6 Å². The van der Waals surface area contributed by atoms with Crippen LogP contribution in [-0.4, -0.2) is 25.9 Å². The van der Waals surface area contributed by atoms with Crippen molar-refractivity contribution >= 4 is 27.3 Å². The van der Waals surface area contributed by atoms with Crippen molar-refractivity contribution in [2.45, 2.75) is 12.6 Å². The summed E-state index contributed by atoms with van der Waals surface area (Å²) in [5, 5.41) is 8.19. The number of aliphatic hydroxyl groups is 1. The maximum absolute atomic E-state index is 12.7. The lowest BCUT2D eigenvalue weighted by molar-refractivity contribution is -0.136. The molecule has 0 unspecified atom stereocenters. The standard InChI is InChI=1S/C10H11ClF3NO3S/c11-8-4-1-3-7(10(12,13)14)9(8)15-19(17,18)6-2-5-16/h1,3-4,15-16H,2,5-6H2. The van der Waals surface area contributed by atoms with Crippen LogP contribution in [0.2, 0.25) is 5.02 Å². The molecule has 0 fully saturated rings. The molecule has 0 bridgehead atoms. The quantitative estimate of drug-likeness (QED) is 0.877. The summed E-state index contributed by atoms with van der Waals surface area (Å²) in [4.78, 5) is 0. The van der Waals surface area contributed by atoms with Gasteiger partial charge in [-0.25, -0.2) is 8.42 Å². The van der Waals surface area contributed by atoms with Gasteiger partial charge in [0.2, 0.25) is 10.0 Å². The molecule has 4 nitrogen and oxygen atoms in total. The van der Waals surface area contributed by atoms with Crippen molar-refractivity contribution in [3.8, 4) is 0 Å². The average Bonchev–Trinajstić information content (AvgIpc) is 2.27. The molecule has 0 saturated heterocycles. The zero-order valence-corrected chi connectivity index (χ0v) is 11.1. The maximum atomic E-state index is 12.7. The lowest BCUT2D eigenvalue weighted by Gasteiger charge is -2.15. The fourth-order valence-electron chi connectivity index (χ4n) is 1.33. The summed E-state index contributed by atoms with van der Waals surface area (Å²) in [7, 11) is -4.00. The van der Waals surface area contributed by atoms with Gasteiger partial charge in [-0.15, -0.1) is 0 Å². The summed E-state index contributed by atoms with van der Waals surface area (Å²) in [6, 6.07) is 2.97. The van der Waals surface area contributed by atoms with Gasteiger partial charge in [0.1, 0.15) is 0 Å². The number of alkyl halides is 3. The van der Waals surface area contributed by atoms with E-state index < -0.39 is 33.2 Å². The molecule has 1 rings (SSSR count). The molecule has 0 aromatic heterocycles. The van der Waals surface area contributed by atoms with Crippen molar-refractivity contribution < 1.29 is 26.7 Å². The Morgan fingerprint density at radius 2 is 1.95 bits per heavy atom. The molecule has 9 heteroatoms. The van der Waals surface area contributed by atoms with Crippen LogP contribution in [-0.2, 0) is 16.2 Å². The molecule has 0 saturated carbocycles. The molecule has 0 aliphatic carbocycles. The molecule has 1 aromatic rings. The number of nitrogens with one attached hydrogen (secondary N) is 1. The SMILES string of the molecule is O=S(=O)(CCCO)Nc1c(Cl)cccc1C(F)(F)F. The zero-order valence-electron chi connectivity index (χ0n) is 9.54. The lowest BCUT2D eigenvalue weighted by atomic mass is 10.2. The molecule has 19 heavy (non-hydrogen) atoms. The largest absolute Gasteiger partial charge is 0.418 e. The van der Waals surface area contributed by atoms with Crippen molar-refractivity contribution in [1.82, 2.24) is 0 Å². The fourth-order valence-corrected chi connectivity index (χ4v) is 2.75. The van der Waals surface area contributed by atoms with Gasteiger partial charge >= 0.3 is 6.18 Å². The van der Waals surface area contributed by atoms with Crippen molar-refractivity contribution in [3.63, 3.8) is 0 Å². The molecular formula is C10H11ClF3NO3S. The second-order valence-electron chi connectivity index (χ2n) is 3.66. The number of benzene rings is 1. The Morgan fingerprint density at radius 3 is 2.47 bits per heavy atom. The van der Waals surface area contributed by atoms with Gasteiger partial charge in [-0.1, -0.05) is 17.7 Å². The highest BCUT2D eigenvalue weighted by Gasteiger charge is 2.35. The molecule has 0 atom stereocenters. The molecule has 0 amide bonds. The third kappa shape index (κ3) is 4.55. The Labute approximate surface area is 113 Å². The van der Waals surface area contributed by atoms with Crippen LogP contribution in [0.15, 0.2) is 18.2 Å². The maximum Gasteiger partial charge on any atom is 0.418 e. The van der Waals surface area contributed by atoms with Gasteiger partial charge in [-0.2, -0.15) is 13.2 Å². The van der Waals surface area contributed by atoms with Crippen molar-refractivity contribution in [2.75, 3.05) is 17.1 Å². The predicted octanol–water partition coefficient (Wildman–Crippen LogP) is 2.48. The summed E-state index contributed by atoms with van der Waals surface area (Å²) >= 11 is 5.60. The van der Waals surface area contributed by atoms with Crippen molar-refractivity contribution in [3.05, 3.63) is 28.8 Å². The number of sulfonamides is 1. The minimum atomic E-state index is -4.72. The van der Waals surface area contributed by atoms with E-state index in [0.29, 0.717) is 0 Å². The Kier molecular flexibility index (Phi) is 5.05. The van der Waals surface area contributed by atoms with E-state index in [1.165, 1.54) is 0 Å². The van der Waals surface area contributed by atoms with Crippen molar-refractivity contribution in [2.24, 2.45) is 0 Å². The van der Waals surface area contributed by atoms with Gasteiger partial charge in [-0.05, 0) is 18.6 Å². The lowest BCUT2D eigenvalue weighted by Crippen LogP contribution is -2.20. The van der Waals surface area contributed by atoms with E-state index in [1.807, 2.05) is 0 Å².